The topological polar surface area (TPSA) is 67.2 Å². The first-order valence-electron chi connectivity index (χ1n) is 5.47. The number of hydrogen-bond acceptors (Lipinski definition) is 3. The molecule has 1 aromatic rings. The molecule has 0 bridgehead atoms. The van der Waals surface area contributed by atoms with E-state index in [-0.39, 0.29) is 11.4 Å². The first-order chi connectivity index (χ1) is 7.79. The highest BCUT2D eigenvalue weighted by molar-refractivity contribution is 5.88. The van der Waals surface area contributed by atoms with Gasteiger partial charge in [-0.3, -0.25) is 5.32 Å². The fourth-order valence-electron chi connectivity index (χ4n) is 0.968. The molecule has 2 N–H and O–H groups in total. The molecule has 1 aromatic heterocycles. The van der Waals surface area contributed by atoms with Crippen molar-refractivity contribution in [2.75, 3.05) is 5.32 Å². The van der Waals surface area contributed by atoms with Crippen LogP contribution in [0.5, 0.6) is 0 Å². The largest absolute Gasteiger partial charge is 0.360 e. The van der Waals surface area contributed by atoms with Gasteiger partial charge in [0.1, 0.15) is 5.76 Å². The van der Waals surface area contributed by atoms with Crippen LogP contribution >= 0.6 is 0 Å². The zero-order valence-electron chi connectivity index (χ0n) is 10.9. The zero-order valence-corrected chi connectivity index (χ0v) is 10.9. The van der Waals surface area contributed by atoms with Crippen LogP contribution < -0.4 is 10.6 Å². The van der Waals surface area contributed by atoms with Gasteiger partial charge >= 0.3 is 6.03 Å². The van der Waals surface area contributed by atoms with Crippen LogP contribution in [-0.4, -0.2) is 11.2 Å². The van der Waals surface area contributed by atoms with Crippen LogP contribution in [-0.2, 0) is 0 Å². The lowest BCUT2D eigenvalue weighted by Gasteiger charge is -2.19. The number of rotatable bonds is 2. The molecular formula is C12H19N3O2. The first kappa shape index (κ1) is 13.3. The molecule has 0 aliphatic carbocycles. The van der Waals surface area contributed by atoms with E-state index in [1.54, 1.807) is 19.2 Å². The molecule has 2 amide bonds. The summed E-state index contributed by atoms with van der Waals surface area (Å²) in [6, 6.07) is 1.32. The number of allylic oxidation sites excluding steroid dienone is 1. The van der Waals surface area contributed by atoms with E-state index in [9.17, 15) is 4.79 Å². The van der Waals surface area contributed by atoms with Crippen molar-refractivity contribution in [3.63, 3.8) is 0 Å². The second kappa shape index (κ2) is 5.03. The number of aromatic nitrogens is 1. The molecule has 0 radical (unpaired) electrons. The third kappa shape index (κ3) is 4.30. The second-order valence-electron chi connectivity index (χ2n) is 5.00. The van der Waals surface area contributed by atoms with Crippen LogP contribution in [0.1, 0.15) is 33.5 Å². The predicted molar refractivity (Wildman–Crippen MR) is 66.6 cm³/mol. The smallest absolute Gasteiger partial charge is 0.324 e. The maximum Gasteiger partial charge on any atom is 0.324 e. The number of nitrogens with one attached hydrogen (secondary N) is 2. The third-order valence-corrected chi connectivity index (χ3v) is 2.47. The van der Waals surface area contributed by atoms with Crippen molar-refractivity contribution in [1.29, 1.82) is 0 Å². The Labute approximate surface area is 101 Å². The number of nitrogens with zero attached hydrogens (tertiary/aromatic N) is 1. The Morgan fingerprint density at radius 1 is 1.47 bits per heavy atom. The van der Waals surface area contributed by atoms with Gasteiger partial charge in [-0.05, 0) is 19.3 Å². The summed E-state index contributed by atoms with van der Waals surface area (Å²) in [5.41, 5.74) is 1.13. The first-order valence-corrected chi connectivity index (χ1v) is 5.47. The number of urea groups is 1. The summed E-state index contributed by atoms with van der Waals surface area (Å²) in [6.07, 6.45) is 1.70. The lowest BCUT2D eigenvalue weighted by Crippen LogP contribution is -2.25. The van der Waals surface area contributed by atoms with Gasteiger partial charge in [0.25, 0.3) is 0 Å². The van der Waals surface area contributed by atoms with Gasteiger partial charge in [0.15, 0.2) is 5.82 Å². The number of anilines is 1. The lowest BCUT2D eigenvalue weighted by molar-refractivity contribution is 0.254. The minimum Gasteiger partial charge on any atom is -0.360 e. The van der Waals surface area contributed by atoms with E-state index < -0.39 is 0 Å². The Kier molecular flexibility index (Phi) is 3.93. The molecular weight excluding hydrogens is 218 g/mol. The molecule has 5 heteroatoms. The fourth-order valence-corrected chi connectivity index (χ4v) is 0.968. The molecule has 0 saturated carbocycles. The minimum atomic E-state index is -0.332. The second-order valence-corrected chi connectivity index (χ2v) is 5.00. The van der Waals surface area contributed by atoms with Crippen molar-refractivity contribution in [2.45, 2.75) is 34.6 Å². The van der Waals surface area contributed by atoms with Gasteiger partial charge in [0, 0.05) is 12.3 Å². The molecule has 0 aromatic carbocycles. The van der Waals surface area contributed by atoms with Crippen LogP contribution in [0.4, 0.5) is 10.6 Å². The monoisotopic (exact) mass is 237 g/mol. The van der Waals surface area contributed by atoms with E-state index in [1.807, 2.05) is 6.92 Å². The summed E-state index contributed by atoms with van der Waals surface area (Å²) in [6.45, 7) is 9.98. The molecule has 1 rings (SSSR count). The molecule has 94 valence electrons. The summed E-state index contributed by atoms with van der Waals surface area (Å²) >= 11 is 0. The maximum absolute atomic E-state index is 11.5. The van der Waals surface area contributed by atoms with Gasteiger partial charge < -0.3 is 9.84 Å². The van der Waals surface area contributed by atoms with Crippen LogP contribution in [0.25, 0.3) is 0 Å². The van der Waals surface area contributed by atoms with Crippen molar-refractivity contribution in [1.82, 2.24) is 10.5 Å². The van der Waals surface area contributed by atoms with Crippen molar-refractivity contribution >= 4 is 11.8 Å². The van der Waals surface area contributed by atoms with Crippen LogP contribution in [0.2, 0.25) is 0 Å². The third-order valence-electron chi connectivity index (χ3n) is 2.47. The molecule has 5 nitrogen and oxygen atoms in total. The van der Waals surface area contributed by atoms with E-state index in [0.29, 0.717) is 11.6 Å². The van der Waals surface area contributed by atoms with E-state index in [1.165, 1.54) is 0 Å². The van der Waals surface area contributed by atoms with E-state index >= 15 is 0 Å². The zero-order chi connectivity index (χ0) is 13.1. The van der Waals surface area contributed by atoms with Crippen LogP contribution in [0.3, 0.4) is 0 Å². The van der Waals surface area contributed by atoms with Crippen molar-refractivity contribution in [3.05, 3.63) is 23.6 Å². The molecule has 0 aliphatic heterocycles. The number of carbonyl (C=O) groups is 1. The van der Waals surface area contributed by atoms with Crippen LogP contribution in [0, 0.1) is 12.3 Å². The Morgan fingerprint density at radius 3 is 2.59 bits per heavy atom. The molecule has 17 heavy (non-hydrogen) atoms. The minimum absolute atomic E-state index is 0.0394. The quantitative estimate of drug-likeness (QED) is 0.830. The molecule has 0 unspecified atom stereocenters. The standard InChI is InChI=1S/C12H19N3O2/c1-8(12(3,4)5)7-13-11(16)14-10-6-9(2)17-15-10/h6-7H,1-5H3,(H2,13,14,15,16)/b8-7+. The highest BCUT2D eigenvalue weighted by atomic mass is 16.5. The predicted octanol–water partition coefficient (Wildman–Crippen LogP) is 3.05. The molecule has 0 saturated heterocycles. The number of carbonyl (C=O) groups excluding carboxylic acids is 1. The van der Waals surface area contributed by atoms with Gasteiger partial charge in [-0.25, -0.2) is 4.79 Å². The highest BCUT2D eigenvalue weighted by Crippen LogP contribution is 2.23. The SMILES string of the molecule is C/C(=C\NC(=O)Nc1cc(C)on1)C(C)(C)C. The van der Waals surface area contributed by atoms with Gasteiger partial charge in [0.2, 0.25) is 0 Å². The van der Waals surface area contributed by atoms with Gasteiger partial charge in [-0.15, -0.1) is 0 Å². The van der Waals surface area contributed by atoms with Crippen molar-refractivity contribution < 1.29 is 9.32 Å². The molecule has 1 heterocycles. The Balaban J connectivity index is 2.51. The molecule has 0 atom stereocenters. The lowest BCUT2D eigenvalue weighted by atomic mass is 9.88. The van der Waals surface area contributed by atoms with Crippen molar-refractivity contribution in [2.24, 2.45) is 5.41 Å². The Hall–Kier alpha value is -1.78. The maximum atomic E-state index is 11.5. The summed E-state index contributed by atoms with van der Waals surface area (Å²) < 4.78 is 4.84. The molecule has 0 spiro atoms. The number of aryl methyl sites for hydroxylation is 1. The summed E-state index contributed by atoms with van der Waals surface area (Å²) in [4.78, 5) is 11.5. The summed E-state index contributed by atoms with van der Waals surface area (Å²) in [5.74, 6) is 1.06. The van der Waals surface area contributed by atoms with E-state index in [4.69, 9.17) is 4.52 Å². The normalized spacial score (nSPS) is 12.4. The summed E-state index contributed by atoms with van der Waals surface area (Å²) in [7, 11) is 0. The van der Waals surface area contributed by atoms with E-state index in [2.05, 4.69) is 36.6 Å². The van der Waals surface area contributed by atoms with Crippen molar-refractivity contribution in [3.8, 4) is 0 Å². The average molecular weight is 237 g/mol. The van der Waals surface area contributed by atoms with Crippen LogP contribution in [0.15, 0.2) is 22.4 Å². The summed E-state index contributed by atoms with van der Waals surface area (Å²) in [5, 5.41) is 8.89. The number of hydrogen-bond donors (Lipinski definition) is 2. The fraction of sp³-hybridized carbons (Fsp3) is 0.500. The molecule has 0 fully saturated rings. The van der Waals surface area contributed by atoms with E-state index in [0.717, 1.165) is 5.57 Å². The molecule has 0 aliphatic rings. The Bertz CT molecular complexity index is 427. The van der Waals surface area contributed by atoms with Gasteiger partial charge in [-0.2, -0.15) is 0 Å². The van der Waals surface area contributed by atoms with Gasteiger partial charge in [0.05, 0.1) is 0 Å². The highest BCUT2D eigenvalue weighted by Gasteiger charge is 2.12. The number of amides is 2. The van der Waals surface area contributed by atoms with Gasteiger partial charge in [-0.1, -0.05) is 31.5 Å². The average Bonchev–Trinajstić information content (AvgIpc) is 2.58. The Morgan fingerprint density at radius 2 is 2.12 bits per heavy atom.